The molecule has 1 atom stereocenters. The first-order valence-corrected chi connectivity index (χ1v) is 12.5. The fourth-order valence-electron chi connectivity index (χ4n) is 3.33. The van der Waals surface area contributed by atoms with Crippen molar-refractivity contribution in [2.45, 2.75) is 32.6 Å². The molecule has 0 saturated carbocycles. The van der Waals surface area contributed by atoms with E-state index in [1.54, 1.807) is 13.8 Å². The van der Waals surface area contributed by atoms with Crippen LogP contribution in [0.5, 0.6) is 0 Å². The van der Waals surface area contributed by atoms with E-state index < -0.39 is 43.2 Å². The van der Waals surface area contributed by atoms with Crippen LogP contribution in [0.1, 0.15) is 23.5 Å². The van der Waals surface area contributed by atoms with Gasteiger partial charge in [0.1, 0.15) is 12.6 Å². The Bertz CT molecular complexity index is 1150. The number of amides is 4. The van der Waals surface area contributed by atoms with E-state index in [4.69, 9.17) is 21.1 Å². The van der Waals surface area contributed by atoms with Gasteiger partial charge < -0.3 is 25.0 Å². The number of hydrogen-bond acceptors (Lipinski definition) is 8. The van der Waals surface area contributed by atoms with E-state index in [-0.39, 0.29) is 23.1 Å². The third kappa shape index (κ3) is 8.08. The molecule has 4 amide bonds. The van der Waals surface area contributed by atoms with Crippen LogP contribution in [0.15, 0.2) is 36.4 Å². The van der Waals surface area contributed by atoms with Crippen molar-refractivity contribution in [1.82, 2.24) is 10.6 Å². The molecule has 1 aliphatic heterocycles. The molecule has 3 rings (SSSR count). The maximum Gasteiger partial charge on any atom is 0.408 e. The lowest BCUT2D eigenvalue weighted by Crippen LogP contribution is -2.54. The van der Waals surface area contributed by atoms with Crippen LogP contribution in [0.2, 0.25) is 4.34 Å². The van der Waals surface area contributed by atoms with E-state index in [1.807, 2.05) is 0 Å². The van der Waals surface area contributed by atoms with Gasteiger partial charge in [-0.3, -0.25) is 14.4 Å². The van der Waals surface area contributed by atoms with Crippen LogP contribution >= 0.6 is 22.9 Å². The second-order valence-corrected chi connectivity index (χ2v) is 9.79. The number of morpholine rings is 1. The molecule has 1 aromatic heterocycles. The van der Waals surface area contributed by atoms with Crippen LogP contribution in [-0.2, 0) is 23.9 Å². The minimum atomic E-state index is -3.40. The van der Waals surface area contributed by atoms with Crippen molar-refractivity contribution in [3.63, 3.8) is 0 Å². The number of rotatable bonds is 10. The largest absolute Gasteiger partial charge is 0.447 e. The van der Waals surface area contributed by atoms with Crippen LogP contribution in [-0.4, -0.2) is 68.9 Å². The van der Waals surface area contributed by atoms with Crippen molar-refractivity contribution in [2.24, 2.45) is 0 Å². The van der Waals surface area contributed by atoms with Gasteiger partial charge in [0.25, 0.3) is 17.7 Å². The monoisotopic (exact) mass is 574 g/mol. The molecule has 0 bridgehead atoms. The summed E-state index contributed by atoms with van der Waals surface area (Å²) >= 11 is 6.84. The number of hydroxylamine groups is 1. The van der Waals surface area contributed by atoms with E-state index in [1.165, 1.54) is 41.3 Å². The first-order chi connectivity index (χ1) is 18.0. The Labute approximate surface area is 225 Å². The maximum atomic E-state index is 13.3. The second-order valence-electron chi connectivity index (χ2n) is 8.08. The number of hydrogen-bond donors (Lipinski definition) is 2. The lowest BCUT2D eigenvalue weighted by molar-refractivity contribution is -0.160. The first-order valence-electron chi connectivity index (χ1n) is 11.3. The molecule has 0 unspecified atom stereocenters. The summed E-state index contributed by atoms with van der Waals surface area (Å²) in [7, 11) is 0. The average Bonchev–Trinajstić information content (AvgIpc) is 3.31. The quantitative estimate of drug-likeness (QED) is 0.417. The fourth-order valence-corrected chi connectivity index (χ4v) is 4.29. The van der Waals surface area contributed by atoms with Crippen molar-refractivity contribution in [1.29, 1.82) is 0 Å². The fraction of sp³-hybridized carbons (Fsp3) is 0.391. The Morgan fingerprint density at radius 1 is 1.18 bits per heavy atom. The lowest BCUT2D eigenvalue weighted by atomic mass is 10.2. The third-order valence-electron chi connectivity index (χ3n) is 4.96. The average molecular weight is 575 g/mol. The maximum absolute atomic E-state index is 13.3. The number of carbonyl (C=O) groups is 4. The number of nitrogens with one attached hydrogen (secondary N) is 2. The topological polar surface area (TPSA) is 127 Å². The third-order valence-corrected chi connectivity index (χ3v) is 6.19. The molecule has 15 heteroatoms. The minimum absolute atomic E-state index is 0.0932. The minimum Gasteiger partial charge on any atom is -0.447 e. The van der Waals surface area contributed by atoms with E-state index in [2.05, 4.69) is 15.5 Å². The number of anilines is 2. The summed E-state index contributed by atoms with van der Waals surface area (Å²) in [6.07, 6.45) is -1.55. The number of alkyl carbamates (subject to hydrolysis) is 1. The predicted octanol–water partition coefficient (Wildman–Crippen LogP) is 3.19. The van der Waals surface area contributed by atoms with E-state index in [0.717, 1.165) is 11.3 Å². The van der Waals surface area contributed by atoms with Crippen molar-refractivity contribution >= 4 is 58.1 Å². The highest BCUT2D eigenvalue weighted by Gasteiger charge is 2.32. The number of benzene rings is 1. The van der Waals surface area contributed by atoms with E-state index in [9.17, 15) is 28.0 Å². The first kappa shape index (κ1) is 29.2. The number of nitrogens with zero attached hydrogens (tertiary/aromatic N) is 2. The molecule has 1 saturated heterocycles. The van der Waals surface area contributed by atoms with Crippen molar-refractivity contribution in [3.8, 4) is 0 Å². The summed E-state index contributed by atoms with van der Waals surface area (Å²) in [4.78, 5) is 56.3. The zero-order valence-electron chi connectivity index (χ0n) is 20.3. The Hall–Kier alpha value is -3.33. The number of thiophene rings is 1. The molecule has 0 aliphatic carbocycles. The highest BCUT2D eigenvalue weighted by atomic mass is 35.5. The van der Waals surface area contributed by atoms with Crippen molar-refractivity contribution < 1.29 is 42.3 Å². The van der Waals surface area contributed by atoms with Gasteiger partial charge in [0.05, 0.1) is 27.6 Å². The van der Waals surface area contributed by atoms with Gasteiger partial charge in [-0.05, 0) is 50.2 Å². The molecular weight excluding hydrogens is 550 g/mol. The van der Waals surface area contributed by atoms with Crippen LogP contribution < -0.4 is 20.6 Å². The van der Waals surface area contributed by atoms with Crippen LogP contribution in [0.3, 0.4) is 0 Å². The van der Waals surface area contributed by atoms with Crippen molar-refractivity contribution in [2.75, 3.05) is 36.3 Å². The van der Waals surface area contributed by atoms with Gasteiger partial charge in [-0.2, -0.15) is 18.7 Å². The van der Waals surface area contributed by atoms with Gasteiger partial charge in [-0.15, -0.1) is 11.3 Å². The summed E-state index contributed by atoms with van der Waals surface area (Å²) in [5.74, 6) is -2.00. The van der Waals surface area contributed by atoms with Crippen LogP contribution in [0, 0.1) is 0 Å². The Balaban J connectivity index is 1.82. The summed E-state index contributed by atoms with van der Waals surface area (Å²) < 4.78 is 37.1. The Morgan fingerprint density at radius 3 is 2.47 bits per heavy atom. The molecule has 2 aromatic rings. The lowest BCUT2D eigenvalue weighted by Gasteiger charge is -2.29. The zero-order chi connectivity index (χ0) is 27.8. The summed E-state index contributed by atoms with van der Waals surface area (Å²) in [5, 5.41) is 5.05. The number of carbonyl (C=O) groups excluding carboxylic acids is 4. The highest BCUT2D eigenvalue weighted by Crippen LogP contribution is 2.24. The molecule has 1 fully saturated rings. The molecule has 2 heterocycles. The Morgan fingerprint density at radius 2 is 1.89 bits per heavy atom. The molecule has 11 nitrogen and oxygen atoms in total. The van der Waals surface area contributed by atoms with Gasteiger partial charge in [-0.25, -0.2) is 4.79 Å². The van der Waals surface area contributed by atoms with Gasteiger partial charge in [0.15, 0.2) is 0 Å². The normalized spacial score (nSPS) is 14.4. The van der Waals surface area contributed by atoms with Gasteiger partial charge in [0, 0.05) is 18.8 Å². The molecule has 206 valence electrons. The second kappa shape index (κ2) is 13.5. The molecule has 1 aliphatic rings. The van der Waals surface area contributed by atoms with Gasteiger partial charge in [-0.1, -0.05) is 11.6 Å². The summed E-state index contributed by atoms with van der Waals surface area (Å²) in [6.45, 7) is -0.195. The highest BCUT2D eigenvalue weighted by molar-refractivity contribution is 7.18. The molecule has 1 aromatic carbocycles. The number of halogens is 3. The summed E-state index contributed by atoms with van der Waals surface area (Å²) in [6, 6.07) is 6.92. The molecule has 38 heavy (non-hydrogen) atoms. The zero-order valence-corrected chi connectivity index (χ0v) is 21.9. The Kier molecular flexibility index (Phi) is 10.4. The van der Waals surface area contributed by atoms with Gasteiger partial charge >= 0.3 is 12.7 Å². The molecule has 2 N–H and O–H groups in total. The van der Waals surface area contributed by atoms with E-state index >= 15 is 0 Å². The number of ether oxygens (including phenoxy) is 2. The molecule has 0 radical (unpaired) electrons. The number of alkyl halides is 2. The van der Waals surface area contributed by atoms with Crippen LogP contribution in [0.25, 0.3) is 0 Å². The molecule has 0 spiro atoms. The van der Waals surface area contributed by atoms with Crippen LogP contribution in [0.4, 0.5) is 25.0 Å². The molecular formula is C23H25ClF2N4O7S. The van der Waals surface area contributed by atoms with E-state index in [0.29, 0.717) is 28.2 Å². The predicted molar refractivity (Wildman–Crippen MR) is 134 cm³/mol. The standard InChI is InChI=1S/C23H25ClF2N4O7S/c1-13(2)36-23(34)28-16(11-27-20(32)17-7-8-18(24)38-17)21(33)30(37-22(25)26)15-5-3-14(4-6-15)29-9-10-35-12-19(29)31/h3-8,13,16,22H,9-12H2,1-2H3,(H,27,32)(H,28,34)/t16-/m0/s1. The van der Waals surface area contributed by atoms with Gasteiger partial charge in [0.2, 0.25) is 0 Å². The smallest absolute Gasteiger partial charge is 0.408 e. The van der Waals surface area contributed by atoms with Crippen molar-refractivity contribution in [3.05, 3.63) is 45.6 Å². The SMILES string of the molecule is CC(C)OC(=O)N[C@@H](CNC(=O)c1ccc(Cl)s1)C(=O)N(OC(F)F)c1ccc(N2CCOCC2=O)cc1. The summed E-state index contributed by atoms with van der Waals surface area (Å²) in [5.41, 5.74) is 0.351.